The van der Waals surface area contributed by atoms with E-state index in [2.05, 4.69) is 4.98 Å². The van der Waals surface area contributed by atoms with Gasteiger partial charge in [0.25, 0.3) is 0 Å². The Bertz CT molecular complexity index is 587. The average molecular weight is 261 g/mol. The second-order valence-corrected chi connectivity index (χ2v) is 3.84. The molecule has 4 nitrogen and oxygen atoms in total. The predicted octanol–water partition coefficient (Wildman–Crippen LogP) is 3.05. The van der Waals surface area contributed by atoms with Crippen molar-refractivity contribution in [1.29, 1.82) is 0 Å². The Morgan fingerprint density at radius 1 is 1.37 bits per heavy atom. The molecular weight excluding hydrogens is 249 g/mol. The second kappa shape index (κ2) is 5.95. The third-order valence-corrected chi connectivity index (χ3v) is 2.28. The Morgan fingerprint density at radius 2 is 2.11 bits per heavy atom. The fraction of sp³-hybridized carbons (Fsp3) is 0.143. The van der Waals surface area contributed by atoms with Crippen molar-refractivity contribution >= 4 is 18.1 Å². The van der Waals surface area contributed by atoms with Gasteiger partial charge in [-0.3, -0.25) is 4.79 Å². The first-order valence-corrected chi connectivity index (χ1v) is 5.65. The summed E-state index contributed by atoms with van der Waals surface area (Å²) < 4.78 is 22.7. The van der Waals surface area contributed by atoms with E-state index in [4.69, 9.17) is 9.15 Å². The van der Waals surface area contributed by atoms with Crippen molar-refractivity contribution in [3.05, 3.63) is 53.5 Å². The third-order valence-electron chi connectivity index (χ3n) is 2.28. The van der Waals surface area contributed by atoms with Gasteiger partial charge in [0, 0.05) is 13.0 Å². The van der Waals surface area contributed by atoms with Crippen LogP contribution in [0.15, 0.2) is 34.9 Å². The molecule has 0 radical (unpaired) electrons. The normalized spacial score (nSPS) is 10.8. The van der Waals surface area contributed by atoms with E-state index in [1.54, 1.807) is 24.3 Å². The standard InChI is InChI=1S/C14H12FNO3/c1-10(17)18-8-13-9-19-14(16-13)7-4-11-2-5-12(15)6-3-11/h2-7,9H,8H2,1H3/b7-4+. The second-order valence-electron chi connectivity index (χ2n) is 3.84. The van der Waals surface area contributed by atoms with E-state index in [0.29, 0.717) is 11.6 Å². The van der Waals surface area contributed by atoms with Gasteiger partial charge in [-0.1, -0.05) is 12.1 Å². The predicted molar refractivity (Wildman–Crippen MR) is 67.3 cm³/mol. The number of aromatic nitrogens is 1. The summed E-state index contributed by atoms with van der Waals surface area (Å²) in [5.74, 6) is -0.255. The van der Waals surface area contributed by atoms with E-state index < -0.39 is 0 Å². The Labute approximate surface area is 109 Å². The lowest BCUT2D eigenvalue weighted by Gasteiger charge is -1.95. The molecule has 2 aromatic rings. The molecule has 2 rings (SSSR count). The number of hydrogen-bond donors (Lipinski definition) is 0. The molecule has 0 spiro atoms. The maximum Gasteiger partial charge on any atom is 0.303 e. The first kappa shape index (κ1) is 13.0. The van der Waals surface area contributed by atoms with Gasteiger partial charge in [0.2, 0.25) is 5.89 Å². The lowest BCUT2D eigenvalue weighted by atomic mass is 10.2. The first-order chi connectivity index (χ1) is 9.13. The van der Waals surface area contributed by atoms with Crippen LogP contribution in [0, 0.1) is 5.82 Å². The van der Waals surface area contributed by atoms with Crippen LogP contribution in [0.4, 0.5) is 4.39 Å². The number of halogens is 1. The van der Waals surface area contributed by atoms with Gasteiger partial charge in [-0.2, -0.15) is 0 Å². The van der Waals surface area contributed by atoms with E-state index in [-0.39, 0.29) is 18.4 Å². The van der Waals surface area contributed by atoms with E-state index in [0.717, 1.165) is 5.56 Å². The summed E-state index contributed by atoms with van der Waals surface area (Å²) >= 11 is 0. The fourth-order valence-corrected chi connectivity index (χ4v) is 1.38. The Hall–Kier alpha value is -2.43. The molecule has 98 valence electrons. The number of benzene rings is 1. The number of nitrogens with zero attached hydrogens (tertiary/aromatic N) is 1. The lowest BCUT2D eigenvalue weighted by molar-refractivity contribution is -0.142. The van der Waals surface area contributed by atoms with Gasteiger partial charge in [0.05, 0.1) is 0 Å². The van der Waals surface area contributed by atoms with Crippen molar-refractivity contribution < 1.29 is 18.3 Å². The number of hydrogen-bond acceptors (Lipinski definition) is 4. The van der Waals surface area contributed by atoms with Crippen molar-refractivity contribution in [3.8, 4) is 0 Å². The van der Waals surface area contributed by atoms with Crippen LogP contribution in [0.3, 0.4) is 0 Å². The summed E-state index contributed by atoms with van der Waals surface area (Å²) in [6.45, 7) is 1.42. The molecule has 0 fully saturated rings. The summed E-state index contributed by atoms with van der Waals surface area (Å²) in [6, 6.07) is 6.05. The van der Waals surface area contributed by atoms with Gasteiger partial charge < -0.3 is 9.15 Å². The average Bonchev–Trinajstić information content (AvgIpc) is 2.84. The fourth-order valence-electron chi connectivity index (χ4n) is 1.38. The number of esters is 1. The van der Waals surface area contributed by atoms with Crippen LogP contribution in [0.2, 0.25) is 0 Å². The van der Waals surface area contributed by atoms with Gasteiger partial charge in [-0.15, -0.1) is 0 Å². The molecule has 0 saturated carbocycles. The third kappa shape index (κ3) is 4.06. The van der Waals surface area contributed by atoms with Crippen molar-refractivity contribution in [2.45, 2.75) is 13.5 Å². The van der Waals surface area contributed by atoms with Crippen LogP contribution in [0.1, 0.15) is 24.1 Å². The molecule has 1 heterocycles. The molecule has 19 heavy (non-hydrogen) atoms. The molecule has 0 saturated heterocycles. The molecule has 0 aliphatic rings. The van der Waals surface area contributed by atoms with Gasteiger partial charge in [-0.25, -0.2) is 9.37 Å². The monoisotopic (exact) mass is 261 g/mol. The van der Waals surface area contributed by atoms with E-state index >= 15 is 0 Å². The molecule has 1 aromatic carbocycles. The minimum absolute atomic E-state index is 0.0865. The van der Waals surface area contributed by atoms with Crippen LogP contribution in [-0.4, -0.2) is 11.0 Å². The van der Waals surface area contributed by atoms with Gasteiger partial charge in [-0.05, 0) is 23.8 Å². The van der Waals surface area contributed by atoms with Crippen molar-refractivity contribution in [1.82, 2.24) is 4.98 Å². The van der Waals surface area contributed by atoms with Crippen molar-refractivity contribution in [3.63, 3.8) is 0 Å². The molecular formula is C14H12FNO3. The number of carbonyl (C=O) groups excluding carboxylic acids is 1. The summed E-state index contributed by atoms with van der Waals surface area (Å²) in [6.07, 6.45) is 4.83. The van der Waals surface area contributed by atoms with Crippen LogP contribution in [-0.2, 0) is 16.1 Å². The van der Waals surface area contributed by atoms with Crippen molar-refractivity contribution in [2.75, 3.05) is 0 Å². The summed E-state index contributed by atoms with van der Waals surface area (Å²) in [5, 5.41) is 0. The number of carbonyl (C=O) groups is 1. The zero-order valence-electron chi connectivity index (χ0n) is 10.3. The SMILES string of the molecule is CC(=O)OCc1coc(/C=C/c2ccc(F)cc2)n1. The molecule has 0 aliphatic carbocycles. The van der Waals surface area contributed by atoms with E-state index in [1.807, 2.05) is 0 Å². The Kier molecular flexibility index (Phi) is 4.07. The topological polar surface area (TPSA) is 52.3 Å². The van der Waals surface area contributed by atoms with Gasteiger partial charge >= 0.3 is 5.97 Å². The Balaban J connectivity index is 1.99. The Morgan fingerprint density at radius 3 is 2.79 bits per heavy atom. The number of oxazole rings is 1. The largest absolute Gasteiger partial charge is 0.459 e. The highest BCUT2D eigenvalue weighted by molar-refractivity contribution is 5.66. The maximum atomic E-state index is 12.7. The number of rotatable bonds is 4. The minimum Gasteiger partial charge on any atom is -0.459 e. The molecule has 0 unspecified atom stereocenters. The number of ether oxygens (including phenoxy) is 1. The highest BCUT2D eigenvalue weighted by Crippen LogP contribution is 2.10. The maximum absolute atomic E-state index is 12.7. The highest BCUT2D eigenvalue weighted by atomic mass is 19.1. The van der Waals surface area contributed by atoms with Crippen LogP contribution in [0.25, 0.3) is 12.2 Å². The summed E-state index contributed by atoms with van der Waals surface area (Å²) in [7, 11) is 0. The zero-order chi connectivity index (χ0) is 13.7. The molecule has 1 aromatic heterocycles. The van der Waals surface area contributed by atoms with Crippen molar-refractivity contribution in [2.24, 2.45) is 0 Å². The smallest absolute Gasteiger partial charge is 0.303 e. The highest BCUT2D eigenvalue weighted by Gasteiger charge is 2.02. The first-order valence-electron chi connectivity index (χ1n) is 5.65. The quantitative estimate of drug-likeness (QED) is 0.794. The van der Waals surface area contributed by atoms with E-state index in [9.17, 15) is 9.18 Å². The van der Waals surface area contributed by atoms with Crippen LogP contribution >= 0.6 is 0 Å². The summed E-state index contributed by atoms with van der Waals surface area (Å²) in [5.41, 5.74) is 1.37. The lowest BCUT2D eigenvalue weighted by Crippen LogP contribution is -1.98. The van der Waals surface area contributed by atoms with Gasteiger partial charge in [0.1, 0.15) is 24.4 Å². The van der Waals surface area contributed by atoms with Gasteiger partial charge in [0.15, 0.2) is 0 Å². The summed E-state index contributed by atoms with van der Waals surface area (Å²) in [4.78, 5) is 14.7. The molecule has 0 amide bonds. The molecule has 0 atom stereocenters. The zero-order valence-corrected chi connectivity index (χ0v) is 10.3. The van der Waals surface area contributed by atoms with E-state index in [1.165, 1.54) is 25.3 Å². The van der Waals surface area contributed by atoms with Crippen LogP contribution in [0.5, 0.6) is 0 Å². The molecule has 5 heteroatoms. The minimum atomic E-state index is -0.369. The van der Waals surface area contributed by atoms with Crippen LogP contribution < -0.4 is 0 Å². The molecule has 0 N–H and O–H groups in total. The molecule has 0 bridgehead atoms. The molecule has 0 aliphatic heterocycles.